The second-order valence-electron chi connectivity index (χ2n) is 5.85. The van der Waals surface area contributed by atoms with Crippen LogP contribution >= 0.6 is 23.4 Å². The van der Waals surface area contributed by atoms with Gasteiger partial charge in [0, 0.05) is 29.8 Å². The molecule has 0 bridgehead atoms. The summed E-state index contributed by atoms with van der Waals surface area (Å²) in [6.07, 6.45) is 11.6. The number of imidazole rings is 1. The van der Waals surface area contributed by atoms with Gasteiger partial charge in [-0.25, -0.2) is 9.97 Å². The van der Waals surface area contributed by atoms with Crippen LogP contribution in [0.25, 0.3) is 11.2 Å². The third-order valence-electron chi connectivity index (χ3n) is 4.54. The van der Waals surface area contributed by atoms with Gasteiger partial charge in [0.15, 0.2) is 5.65 Å². The molecule has 0 N–H and O–H groups in total. The van der Waals surface area contributed by atoms with Crippen LogP contribution in [0.1, 0.15) is 37.9 Å². The first-order valence-corrected chi connectivity index (χ1v) is 9.45. The Morgan fingerprint density at radius 1 is 1.33 bits per heavy atom. The van der Waals surface area contributed by atoms with E-state index in [4.69, 9.17) is 16.6 Å². The van der Waals surface area contributed by atoms with Crippen molar-refractivity contribution in [3.63, 3.8) is 0 Å². The number of hydrogen-bond acceptors (Lipinski definition) is 3. The lowest BCUT2D eigenvalue weighted by molar-refractivity contribution is 0.357. The first-order valence-electron chi connectivity index (χ1n) is 7.69. The van der Waals surface area contributed by atoms with Gasteiger partial charge < -0.3 is 4.57 Å². The molecule has 1 fully saturated rings. The summed E-state index contributed by atoms with van der Waals surface area (Å²) < 4.78 is 2.66. The van der Waals surface area contributed by atoms with Crippen LogP contribution in [0.2, 0.25) is 0 Å². The van der Waals surface area contributed by atoms with Gasteiger partial charge in [0.05, 0.1) is 0 Å². The number of alkyl halides is 1. The zero-order valence-corrected chi connectivity index (χ0v) is 14.1. The first kappa shape index (κ1) is 15.2. The molecule has 21 heavy (non-hydrogen) atoms. The quantitative estimate of drug-likeness (QED) is 0.769. The van der Waals surface area contributed by atoms with Gasteiger partial charge in [-0.2, -0.15) is 11.8 Å². The van der Waals surface area contributed by atoms with Crippen molar-refractivity contribution in [1.29, 1.82) is 0 Å². The van der Waals surface area contributed by atoms with Gasteiger partial charge in [-0.3, -0.25) is 0 Å². The molecular formula is C16H22ClN3S. The van der Waals surface area contributed by atoms with E-state index >= 15 is 0 Å². The van der Waals surface area contributed by atoms with Crippen molar-refractivity contribution in [1.82, 2.24) is 14.5 Å². The smallest absolute Gasteiger partial charge is 0.160 e. The molecule has 5 heteroatoms. The lowest BCUT2D eigenvalue weighted by Gasteiger charge is -2.36. The van der Waals surface area contributed by atoms with Gasteiger partial charge in [-0.15, -0.1) is 11.6 Å². The summed E-state index contributed by atoms with van der Waals surface area (Å²) in [6, 6.07) is 4.00. The van der Waals surface area contributed by atoms with Crippen molar-refractivity contribution in [2.45, 2.75) is 49.8 Å². The minimum Gasteiger partial charge on any atom is -0.311 e. The van der Waals surface area contributed by atoms with Crippen molar-refractivity contribution in [3.8, 4) is 0 Å². The molecule has 0 aliphatic heterocycles. The van der Waals surface area contributed by atoms with Gasteiger partial charge >= 0.3 is 0 Å². The lowest BCUT2D eigenvalue weighted by atomic mass is 9.88. The van der Waals surface area contributed by atoms with Crippen molar-refractivity contribution < 1.29 is 0 Å². The highest BCUT2D eigenvalue weighted by Crippen LogP contribution is 2.40. The van der Waals surface area contributed by atoms with E-state index in [9.17, 15) is 0 Å². The van der Waals surface area contributed by atoms with Crippen LogP contribution in [0, 0.1) is 0 Å². The topological polar surface area (TPSA) is 30.7 Å². The number of thioether (sulfide) groups is 1. The van der Waals surface area contributed by atoms with Crippen LogP contribution in [0.15, 0.2) is 18.3 Å². The molecule has 1 aliphatic carbocycles. The van der Waals surface area contributed by atoms with Crippen LogP contribution in [-0.2, 0) is 13.0 Å². The van der Waals surface area contributed by atoms with Crippen LogP contribution < -0.4 is 0 Å². The number of nitrogens with zero attached hydrogens (tertiary/aromatic N) is 3. The highest BCUT2D eigenvalue weighted by atomic mass is 35.5. The van der Waals surface area contributed by atoms with Gasteiger partial charge in [-0.05, 0) is 31.2 Å². The summed E-state index contributed by atoms with van der Waals surface area (Å²) in [5.74, 6) is 1.69. The summed E-state index contributed by atoms with van der Waals surface area (Å²) >= 11 is 7.99. The molecule has 0 amide bonds. The van der Waals surface area contributed by atoms with Crippen LogP contribution in [0.3, 0.4) is 0 Å². The van der Waals surface area contributed by atoms with E-state index < -0.39 is 0 Å². The van der Waals surface area contributed by atoms with E-state index in [1.165, 1.54) is 32.1 Å². The Balaban J connectivity index is 1.99. The molecule has 2 aromatic heterocycles. The number of halogens is 1. The molecule has 1 aliphatic rings. The third-order valence-corrected chi connectivity index (χ3v) is 6.14. The van der Waals surface area contributed by atoms with Gasteiger partial charge in [0.25, 0.3) is 0 Å². The number of aryl methyl sites for hydroxylation is 1. The number of aromatic nitrogens is 3. The summed E-state index contributed by atoms with van der Waals surface area (Å²) in [4.78, 5) is 9.30. The average Bonchev–Trinajstić information content (AvgIpc) is 2.86. The van der Waals surface area contributed by atoms with Gasteiger partial charge in [-0.1, -0.05) is 19.3 Å². The molecule has 3 rings (SSSR count). The Morgan fingerprint density at radius 3 is 2.86 bits per heavy atom. The highest BCUT2D eigenvalue weighted by molar-refractivity contribution is 8.00. The van der Waals surface area contributed by atoms with E-state index in [-0.39, 0.29) is 0 Å². The first-order chi connectivity index (χ1) is 10.3. The SMILES string of the molecule is CSC1(Cn2c(CCCl)nc3cccnc32)CCCCC1. The molecule has 0 saturated heterocycles. The van der Waals surface area contributed by atoms with Crippen molar-refractivity contribution in [2.75, 3.05) is 12.1 Å². The predicted molar refractivity (Wildman–Crippen MR) is 91.3 cm³/mol. The van der Waals surface area contributed by atoms with Crippen molar-refractivity contribution >= 4 is 34.5 Å². The summed E-state index contributed by atoms with van der Waals surface area (Å²) in [5, 5.41) is 0. The number of rotatable bonds is 5. The van der Waals surface area contributed by atoms with Gasteiger partial charge in [0.2, 0.25) is 0 Å². The summed E-state index contributed by atoms with van der Waals surface area (Å²) in [7, 11) is 0. The van der Waals surface area contributed by atoms with Crippen LogP contribution in [-0.4, -0.2) is 31.4 Å². The number of fused-ring (bicyclic) bond motifs is 1. The zero-order valence-electron chi connectivity index (χ0n) is 12.5. The fraction of sp³-hybridized carbons (Fsp3) is 0.625. The zero-order chi connectivity index (χ0) is 14.7. The highest BCUT2D eigenvalue weighted by Gasteiger charge is 2.33. The lowest BCUT2D eigenvalue weighted by Crippen LogP contribution is -2.33. The average molecular weight is 324 g/mol. The molecule has 2 aromatic rings. The summed E-state index contributed by atoms with van der Waals surface area (Å²) in [6.45, 7) is 1.01. The predicted octanol–water partition coefficient (Wildman–Crippen LogP) is 4.28. The second kappa shape index (κ2) is 6.57. The largest absolute Gasteiger partial charge is 0.311 e. The molecule has 0 spiro atoms. The standard InChI is InChI=1S/C16H22ClN3S/c1-21-16(8-3-2-4-9-16)12-20-14(7-10-17)19-13-6-5-11-18-15(13)20/h5-6,11H,2-4,7-10,12H2,1H3. The Kier molecular flexibility index (Phi) is 4.75. The number of pyridine rings is 1. The molecule has 0 atom stereocenters. The second-order valence-corrected chi connectivity index (χ2v) is 7.50. The van der Waals surface area contributed by atoms with Crippen molar-refractivity contribution in [3.05, 3.63) is 24.2 Å². The molecule has 114 valence electrons. The maximum Gasteiger partial charge on any atom is 0.160 e. The van der Waals surface area contributed by atoms with Crippen molar-refractivity contribution in [2.24, 2.45) is 0 Å². The Bertz CT molecular complexity index is 605. The van der Waals surface area contributed by atoms with E-state index in [0.29, 0.717) is 10.6 Å². The molecule has 2 heterocycles. The summed E-state index contributed by atoms with van der Waals surface area (Å²) in [5.41, 5.74) is 2.00. The minimum atomic E-state index is 0.338. The van der Waals surface area contributed by atoms with Crippen LogP contribution in [0.5, 0.6) is 0 Å². The Morgan fingerprint density at radius 2 is 2.14 bits per heavy atom. The molecule has 0 radical (unpaired) electrons. The minimum absolute atomic E-state index is 0.338. The molecule has 1 saturated carbocycles. The monoisotopic (exact) mass is 323 g/mol. The fourth-order valence-corrected chi connectivity index (χ4v) is 4.48. The maximum atomic E-state index is 5.97. The molecular weight excluding hydrogens is 302 g/mol. The molecule has 3 nitrogen and oxygen atoms in total. The van der Waals surface area contributed by atoms with E-state index in [1.807, 2.05) is 30.1 Å². The van der Waals surface area contributed by atoms with E-state index in [1.54, 1.807) is 0 Å². The van der Waals surface area contributed by atoms with E-state index in [2.05, 4.69) is 15.8 Å². The number of hydrogen-bond donors (Lipinski definition) is 0. The van der Waals surface area contributed by atoms with Crippen LogP contribution in [0.4, 0.5) is 0 Å². The maximum absolute atomic E-state index is 5.97. The Labute approximate surface area is 135 Å². The van der Waals surface area contributed by atoms with E-state index in [0.717, 1.165) is 30.0 Å². The Hall–Kier alpha value is -0.740. The third kappa shape index (κ3) is 3.07. The molecule has 0 aromatic carbocycles. The molecule has 0 unspecified atom stereocenters. The fourth-order valence-electron chi connectivity index (χ4n) is 3.36. The van der Waals surface area contributed by atoms with Gasteiger partial charge in [0.1, 0.15) is 11.3 Å². The normalized spacial score (nSPS) is 18.2.